The van der Waals surface area contributed by atoms with Crippen LogP contribution in [0, 0.1) is 0 Å². The number of nitrogens with two attached hydrogens (primary N) is 1. The minimum absolute atomic E-state index is 0.108. The molecule has 8 N–H and O–H groups in total. The molecule has 0 spiro atoms. The number of H-pyrrole nitrogens is 1. The number of hydrogen-bond donors (Lipinski definition) is 7. The zero-order chi connectivity index (χ0) is 31.3. The van der Waals surface area contributed by atoms with E-state index in [-0.39, 0.29) is 17.1 Å². The van der Waals surface area contributed by atoms with Crippen LogP contribution in [0.1, 0.15) is 12.5 Å². The maximum Gasteiger partial charge on any atom is 0.695 e. The Bertz CT molecular complexity index is 1800. The third-order valence-corrected chi connectivity index (χ3v) is 8.41. The molecule has 0 bridgehead atoms. The Labute approximate surface area is 245 Å². The summed E-state index contributed by atoms with van der Waals surface area (Å²) in [6.45, 7) is -1.53. The van der Waals surface area contributed by atoms with Crippen molar-refractivity contribution in [3.05, 3.63) is 41.3 Å². The Morgan fingerprint density at radius 2 is 1.80 bits per heavy atom. The van der Waals surface area contributed by atoms with Gasteiger partial charge in [0.25, 0.3) is 5.56 Å². The number of pyridine rings is 1. The van der Waals surface area contributed by atoms with Crippen LogP contribution in [0.3, 0.4) is 0 Å². The highest BCUT2D eigenvalue weighted by Gasteiger charge is 2.53. The smallest absolute Gasteiger partial charge is 0.394 e. The number of ether oxygens (including phenoxy) is 2. The van der Waals surface area contributed by atoms with Gasteiger partial charge in [-0.2, -0.15) is 4.98 Å². The molecule has 23 heteroatoms. The first-order valence-electron chi connectivity index (χ1n) is 12.7. The first-order chi connectivity index (χ1) is 21.0. The summed E-state index contributed by atoms with van der Waals surface area (Å²) in [7, 11) is -8.39. The number of aliphatic hydroxyl groups is 3. The molecular weight excluding hydrogens is 634 g/mol. The molecule has 2 saturated heterocycles. The fourth-order valence-corrected chi connectivity index (χ4v) is 6.46. The van der Waals surface area contributed by atoms with Gasteiger partial charge in [0.1, 0.15) is 36.0 Å². The number of fused-ring (bicyclic) bond motifs is 2. The standard InChI is InChI=1S/C21H24N8O13P2/c22-21-26-17-11(18(33)27-21)25-7-29(17)20-15(12(31)9(4-30)39-20)42-44(36,37)38-5-10-14(41-43(34)35)13(32)19(40-10)28-6-24-8-2-1-3-23-16(8)28/h1-3,6-7,9-10,12-15,19-20,30-32H,4-5H2,(H4-,22,26,27,33,34,35,36,37)/p+1/t9-,10-,12-,13-,14-,15-,19-,20-/m1/s1. The minimum Gasteiger partial charge on any atom is -0.394 e. The van der Waals surface area contributed by atoms with E-state index < -0.39 is 83.9 Å². The Morgan fingerprint density at radius 1 is 1.07 bits per heavy atom. The number of aliphatic hydroxyl groups excluding tert-OH is 3. The van der Waals surface area contributed by atoms with Crippen molar-refractivity contribution in [2.75, 3.05) is 18.9 Å². The van der Waals surface area contributed by atoms with Crippen LogP contribution in [-0.4, -0.2) is 109 Å². The number of phosphoric ester groups is 1. The van der Waals surface area contributed by atoms with Crippen LogP contribution in [0.2, 0.25) is 0 Å². The van der Waals surface area contributed by atoms with Gasteiger partial charge in [-0.1, -0.05) is 0 Å². The van der Waals surface area contributed by atoms with E-state index in [2.05, 4.69) is 24.9 Å². The summed E-state index contributed by atoms with van der Waals surface area (Å²) < 4.78 is 53.9. The van der Waals surface area contributed by atoms with Gasteiger partial charge in [-0.25, -0.2) is 19.5 Å². The van der Waals surface area contributed by atoms with Gasteiger partial charge in [0.05, 0.1) is 25.9 Å². The van der Waals surface area contributed by atoms with Gasteiger partial charge in [0.2, 0.25) is 5.95 Å². The van der Waals surface area contributed by atoms with Crippen LogP contribution in [0.5, 0.6) is 0 Å². The van der Waals surface area contributed by atoms with E-state index >= 15 is 0 Å². The molecule has 0 radical (unpaired) electrons. The first-order valence-corrected chi connectivity index (χ1v) is 15.4. The molecule has 21 nitrogen and oxygen atoms in total. The number of rotatable bonds is 10. The molecule has 4 aromatic heterocycles. The fraction of sp³-hybridized carbons (Fsp3) is 0.476. The lowest BCUT2D eigenvalue weighted by Gasteiger charge is -2.24. The normalized spacial score (nSPS) is 30.7. The maximum atomic E-state index is 13.1. The summed E-state index contributed by atoms with van der Waals surface area (Å²) in [6, 6.07) is 3.30. The minimum atomic E-state index is -5.14. The molecule has 6 heterocycles. The number of nitrogen functional groups attached to an aromatic ring is 1. The number of aromatic amines is 1. The summed E-state index contributed by atoms with van der Waals surface area (Å²) in [5.74, 6) is -0.270. The second kappa shape index (κ2) is 11.9. The predicted octanol–water partition coefficient (Wildman–Crippen LogP) is -1.81. The second-order valence-corrected chi connectivity index (χ2v) is 11.8. The quantitative estimate of drug-likeness (QED) is 0.0923. The maximum absolute atomic E-state index is 13.1. The molecule has 2 unspecified atom stereocenters. The largest absolute Gasteiger partial charge is 0.695 e. The highest BCUT2D eigenvalue weighted by Crippen LogP contribution is 2.50. The highest BCUT2D eigenvalue weighted by molar-refractivity contribution is 7.47. The first kappa shape index (κ1) is 30.7. The number of phosphoric acid groups is 1. The van der Waals surface area contributed by atoms with E-state index in [9.17, 15) is 39.0 Å². The second-order valence-electron chi connectivity index (χ2n) is 9.71. The van der Waals surface area contributed by atoms with E-state index in [1.807, 2.05) is 0 Å². The average Bonchev–Trinajstić information content (AvgIpc) is 3.73. The fourth-order valence-electron chi connectivity index (χ4n) is 5.06. The molecule has 10 atom stereocenters. The van der Waals surface area contributed by atoms with Crippen LogP contribution >= 0.6 is 16.1 Å². The molecule has 6 rings (SSSR count). The Balaban J connectivity index is 1.22. The van der Waals surface area contributed by atoms with Crippen LogP contribution < -0.4 is 11.3 Å². The molecule has 0 saturated carbocycles. The Morgan fingerprint density at radius 3 is 2.55 bits per heavy atom. The molecular formula is C21H25N8O13P2+. The third-order valence-electron chi connectivity index (χ3n) is 7.00. The van der Waals surface area contributed by atoms with Crippen molar-refractivity contribution in [1.82, 2.24) is 34.1 Å². The Kier molecular flexibility index (Phi) is 8.30. The SMILES string of the molecule is Nc1nc2c(ncn2[C@@H]2O[C@H](CO)[C@@H](O)[C@H]2OP(=O)(O)OC[C@H]2O[C@@H](n3cnc4cccnc43)[C@H](O)[C@@H]2O[P+](=O)O)c(=O)[nH]1. The zero-order valence-electron chi connectivity index (χ0n) is 22.1. The number of imidazole rings is 2. The molecule has 0 amide bonds. The summed E-state index contributed by atoms with van der Waals surface area (Å²) in [6.07, 6.45) is -7.96. The van der Waals surface area contributed by atoms with E-state index in [1.54, 1.807) is 12.1 Å². The van der Waals surface area contributed by atoms with Crippen molar-refractivity contribution in [1.29, 1.82) is 0 Å². The molecule has 0 aromatic carbocycles. The molecule has 2 fully saturated rings. The number of nitrogens with zero attached hydrogens (tertiary/aromatic N) is 6. The summed E-state index contributed by atoms with van der Waals surface area (Å²) in [5, 5.41) is 31.3. The van der Waals surface area contributed by atoms with Crippen LogP contribution in [-0.2, 0) is 32.2 Å². The molecule has 44 heavy (non-hydrogen) atoms. The zero-order valence-corrected chi connectivity index (χ0v) is 23.9. The molecule has 236 valence electrons. The van der Waals surface area contributed by atoms with Crippen molar-refractivity contribution in [3.8, 4) is 0 Å². The van der Waals surface area contributed by atoms with Crippen molar-refractivity contribution in [2.24, 2.45) is 0 Å². The van der Waals surface area contributed by atoms with E-state index in [0.29, 0.717) is 11.2 Å². The topological polar surface area (TPSA) is 302 Å². The summed E-state index contributed by atoms with van der Waals surface area (Å²) in [4.78, 5) is 50.8. The lowest BCUT2D eigenvalue weighted by atomic mass is 10.1. The van der Waals surface area contributed by atoms with Gasteiger partial charge in [-0.15, -0.1) is 9.42 Å². The van der Waals surface area contributed by atoms with Crippen molar-refractivity contribution in [2.45, 2.75) is 49.1 Å². The van der Waals surface area contributed by atoms with Gasteiger partial charge < -0.3 is 35.4 Å². The lowest BCUT2D eigenvalue weighted by molar-refractivity contribution is -0.0609. The molecule has 2 aliphatic heterocycles. The lowest BCUT2D eigenvalue weighted by Crippen LogP contribution is -2.36. The molecule has 4 aromatic rings. The van der Waals surface area contributed by atoms with Crippen LogP contribution in [0.4, 0.5) is 5.95 Å². The number of hydrogen-bond acceptors (Lipinski definition) is 16. The van der Waals surface area contributed by atoms with Gasteiger partial charge in [0.15, 0.2) is 35.4 Å². The average molecular weight is 659 g/mol. The molecule has 2 aliphatic rings. The van der Waals surface area contributed by atoms with Gasteiger partial charge in [-0.3, -0.25) is 28.0 Å². The van der Waals surface area contributed by atoms with Crippen LogP contribution in [0.15, 0.2) is 35.8 Å². The number of nitrogens with one attached hydrogen (secondary N) is 1. The summed E-state index contributed by atoms with van der Waals surface area (Å²) in [5.41, 5.74) is 5.45. The van der Waals surface area contributed by atoms with Gasteiger partial charge >= 0.3 is 16.1 Å². The van der Waals surface area contributed by atoms with Crippen molar-refractivity contribution in [3.63, 3.8) is 0 Å². The van der Waals surface area contributed by atoms with Crippen LogP contribution in [0.25, 0.3) is 22.3 Å². The van der Waals surface area contributed by atoms with Gasteiger partial charge in [0, 0.05) is 10.8 Å². The third kappa shape index (κ3) is 5.65. The monoisotopic (exact) mass is 659 g/mol. The molecule has 0 aliphatic carbocycles. The van der Waals surface area contributed by atoms with Crippen molar-refractivity contribution < 1.29 is 57.3 Å². The van der Waals surface area contributed by atoms with E-state index in [4.69, 9.17) is 28.8 Å². The highest BCUT2D eigenvalue weighted by atomic mass is 31.2. The number of aromatic nitrogens is 7. The van der Waals surface area contributed by atoms with Gasteiger partial charge in [-0.05, 0) is 12.1 Å². The van der Waals surface area contributed by atoms with E-state index in [1.165, 1.54) is 17.1 Å². The summed E-state index contributed by atoms with van der Waals surface area (Å²) >= 11 is 0. The Hall–Kier alpha value is -3.30. The van der Waals surface area contributed by atoms with Crippen molar-refractivity contribution >= 4 is 44.4 Å². The number of anilines is 1. The predicted molar refractivity (Wildman–Crippen MR) is 142 cm³/mol. The van der Waals surface area contributed by atoms with E-state index in [0.717, 1.165) is 10.9 Å².